The van der Waals surface area contributed by atoms with Crippen LogP contribution in [0.4, 0.5) is 0 Å². The van der Waals surface area contributed by atoms with E-state index in [-0.39, 0.29) is 5.91 Å². The van der Waals surface area contributed by atoms with Gasteiger partial charge in [-0.3, -0.25) is 4.79 Å². The fourth-order valence-corrected chi connectivity index (χ4v) is 3.31. The van der Waals surface area contributed by atoms with E-state index in [1.54, 1.807) is 0 Å². The number of likely N-dealkylation sites (tertiary alicyclic amines) is 1. The van der Waals surface area contributed by atoms with E-state index in [9.17, 15) is 4.79 Å². The summed E-state index contributed by atoms with van der Waals surface area (Å²) in [7, 11) is 0. The molecule has 0 N–H and O–H groups in total. The van der Waals surface area contributed by atoms with Crippen molar-refractivity contribution >= 4 is 16.9 Å². The molecule has 5 heteroatoms. The lowest BCUT2D eigenvalue weighted by Crippen LogP contribution is -2.32. The Morgan fingerprint density at radius 3 is 2.50 bits per heavy atom. The summed E-state index contributed by atoms with van der Waals surface area (Å²) in [5.41, 5.74) is 3.36. The Kier molecular flexibility index (Phi) is 4.14. The summed E-state index contributed by atoms with van der Waals surface area (Å²) < 4.78 is 1.89. The second-order valence-electron chi connectivity index (χ2n) is 6.12. The Bertz CT molecular complexity index is 696. The standard InChI is InChI=1S/C17H24N4O/c1-4-21-16-15(13(3)19-21)14(11-12(2)18-16)17(22)20-9-7-5-6-8-10-20/h11H,4-10H2,1-3H3. The zero-order valence-electron chi connectivity index (χ0n) is 13.7. The highest BCUT2D eigenvalue weighted by Crippen LogP contribution is 2.24. The van der Waals surface area contributed by atoms with Gasteiger partial charge >= 0.3 is 0 Å². The normalized spacial score (nSPS) is 16.0. The van der Waals surface area contributed by atoms with Gasteiger partial charge in [0.1, 0.15) is 0 Å². The molecule has 118 valence electrons. The van der Waals surface area contributed by atoms with Crippen LogP contribution in [0.25, 0.3) is 11.0 Å². The van der Waals surface area contributed by atoms with Crippen LogP contribution in [-0.4, -0.2) is 38.7 Å². The summed E-state index contributed by atoms with van der Waals surface area (Å²) in [6.07, 6.45) is 4.65. The maximum absolute atomic E-state index is 13.0. The molecule has 1 aliphatic rings. The molecule has 1 fully saturated rings. The molecule has 1 saturated heterocycles. The first-order valence-corrected chi connectivity index (χ1v) is 8.26. The molecule has 0 spiro atoms. The number of hydrogen-bond acceptors (Lipinski definition) is 3. The number of hydrogen-bond donors (Lipinski definition) is 0. The van der Waals surface area contributed by atoms with Crippen LogP contribution in [0, 0.1) is 13.8 Å². The lowest BCUT2D eigenvalue weighted by Gasteiger charge is -2.21. The van der Waals surface area contributed by atoms with Gasteiger partial charge in [0.05, 0.1) is 16.6 Å². The number of pyridine rings is 1. The Labute approximate surface area is 131 Å². The third-order valence-electron chi connectivity index (χ3n) is 4.43. The number of rotatable bonds is 2. The highest BCUT2D eigenvalue weighted by molar-refractivity contribution is 6.06. The van der Waals surface area contributed by atoms with Gasteiger partial charge in [0.2, 0.25) is 0 Å². The molecule has 3 rings (SSSR count). The summed E-state index contributed by atoms with van der Waals surface area (Å²) in [5.74, 6) is 0.135. The highest BCUT2D eigenvalue weighted by atomic mass is 16.2. The SMILES string of the molecule is CCn1nc(C)c2c(C(=O)N3CCCCCC3)cc(C)nc21. The van der Waals surface area contributed by atoms with Crippen LogP contribution in [0.15, 0.2) is 6.07 Å². The van der Waals surface area contributed by atoms with Crippen LogP contribution in [0.3, 0.4) is 0 Å². The molecule has 0 unspecified atom stereocenters. The maximum Gasteiger partial charge on any atom is 0.254 e. The smallest absolute Gasteiger partial charge is 0.254 e. The van der Waals surface area contributed by atoms with E-state index >= 15 is 0 Å². The van der Waals surface area contributed by atoms with E-state index < -0.39 is 0 Å². The third-order valence-corrected chi connectivity index (χ3v) is 4.43. The number of carbonyl (C=O) groups is 1. The van der Waals surface area contributed by atoms with Crippen molar-refractivity contribution in [1.82, 2.24) is 19.7 Å². The average molecular weight is 300 g/mol. The lowest BCUT2D eigenvalue weighted by atomic mass is 10.1. The van der Waals surface area contributed by atoms with Crippen LogP contribution >= 0.6 is 0 Å². The minimum atomic E-state index is 0.135. The largest absolute Gasteiger partial charge is 0.339 e. The average Bonchev–Trinajstić information content (AvgIpc) is 2.70. The minimum absolute atomic E-state index is 0.135. The fourth-order valence-electron chi connectivity index (χ4n) is 3.31. The zero-order chi connectivity index (χ0) is 15.7. The summed E-state index contributed by atoms with van der Waals surface area (Å²) in [6, 6.07) is 1.92. The van der Waals surface area contributed by atoms with Gasteiger partial charge in [-0.2, -0.15) is 5.10 Å². The van der Waals surface area contributed by atoms with E-state index in [0.717, 1.165) is 60.5 Å². The van der Waals surface area contributed by atoms with Crippen molar-refractivity contribution in [1.29, 1.82) is 0 Å². The first-order valence-electron chi connectivity index (χ1n) is 8.26. The van der Waals surface area contributed by atoms with Gasteiger partial charge in [-0.1, -0.05) is 12.8 Å². The first-order chi connectivity index (χ1) is 10.6. The van der Waals surface area contributed by atoms with Crippen molar-refractivity contribution in [3.63, 3.8) is 0 Å². The maximum atomic E-state index is 13.0. The van der Waals surface area contributed by atoms with E-state index in [1.807, 2.05) is 36.4 Å². The molecule has 0 bridgehead atoms. The number of aryl methyl sites for hydroxylation is 3. The number of aromatic nitrogens is 3. The molecule has 22 heavy (non-hydrogen) atoms. The first kappa shape index (κ1) is 15.0. The molecule has 1 aliphatic heterocycles. The topological polar surface area (TPSA) is 51.0 Å². The van der Waals surface area contributed by atoms with Crippen molar-refractivity contribution in [2.45, 2.75) is 53.0 Å². The quantitative estimate of drug-likeness (QED) is 0.856. The molecule has 0 atom stereocenters. The van der Waals surface area contributed by atoms with Gasteiger partial charge in [-0.05, 0) is 39.7 Å². The summed E-state index contributed by atoms with van der Waals surface area (Å²) >= 11 is 0. The number of carbonyl (C=O) groups excluding carboxylic acids is 1. The molecule has 0 radical (unpaired) electrons. The summed E-state index contributed by atoms with van der Waals surface area (Å²) in [5, 5.41) is 5.46. The van der Waals surface area contributed by atoms with Gasteiger partial charge in [0, 0.05) is 25.3 Å². The number of nitrogens with zero attached hydrogens (tertiary/aromatic N) is 4. The van der Waals surface area contributed by atoms with E-state index in [4.69, 9.17) is 0 Å². The van der Waals surface area contributed by atoms with Crippen molar-refractivity contribution in [3.8, 4) is 0 Å². The lowest BCUT2D eigenvalue weighted by molar-refractivity contribution is 0.0763. The van der Waals surface area contributed by atoms with E-state index in [2.05, 4.69) is 10.1 Å². The molecular weight excluding hydrogens is 276 g/mol. The molecule has 1 amide bonds. The van der Waals surface area contributed by atoms with Crippen LogP contribution in [0.1, 0.15) is 54.4 Å². The molecule has 2 aromatic heterocycles. The Morgan fingerprint density at radius 2 is 1.86 bits per heavy atom. The summed E-state index contributed by atoms with van der Waals surface area (Å²) in [6.45, 7) is 8.45. The van der Waals surface area contributed by atoms with Crippen LogP contribution in [0.2, 0.25) is 0 Å². The Balaban J connectivity index is 2.09. The molecule has 0 aromatic carbocycles. The van der Waals surface area contributed by atoms with Crippen LogP contribution < -0.4 is 0 Å². The number of fused-ring (bicyclic) bond motifs is 1. The highest BCUT2D eigenvalue weighted by Gasteiger charge is 2.23. The molecule has 0 aliphatic carbocycles. The van der Waals surface area contributed by atoms with Gasteiger partial charge < -0.3 is 4.90 Å². The second-order valence-corrected chi connectivity index (χ2v) is 6.12. The van der Waals surface area contributed by atoms with E-state index in [0.29, 0.717) is 0 Å². The molecule has 3 heterocycles. The fraction of sp³-hybridized carbons (Fsp3) is 0.588. The van der Waals surface area contributed by atoms with Crippen LogP contribution in [-0.2, 0) is 6.54 Å². The Hall–Kier alpha value is -1.91. The molecular formula is C17H24N4O. The van der Waals surface area contributed by atoms with Gasteiger partial charge in [-0.25, -0.2) is 9.67 Å². The van der Waals surface area contributed by atoms with Gasteiger partial charge in [0.15, 0.2) is 5.65 Å². The van der Waals surface area contributed by atoms with Crippen molar-refractivity contribution in [2.75, 3.05) is 13.1 Å². The summed E-state index contributed by atoms with van der Waals surface area (Å²) in [4.78, 5) is 19.6. The monoisotopic (exact) mass is 300 g/mol. The zero-order valence-corrected chi connectivity index (χ0v) is 13.7. The van der Waals surface area contributed by atoms with Gasteiger partial charge in [-0.15, -0.1) is 0 Å². The van der Waals surface area contributed by atoms with Crippen molar-refractivity contribution < 1.29 is 4.79 Å². The van der Waals surface area contributed by atoms with Crippen molar-refractivity contribution in [3.05, 3.63) is 23.0 Å². The predicted molar refractivity (Wildman–Crippen MR) is 87.0 cm³/mol. The minimum Gasteiger partial charge on any atom is -0.339 e. The predicted octanol–water partition coefficient (Wildman–Crippen LogP) is 3.08. The molecule has 0 saturated carbocycles. The molecule has 2 aromatic rings. The van der Waals surface area contributed by atoms with E-state index in [1.165, 1.54) is 12.8 Å². The third kappa shape index (κ3) is 2.60. The second kappa shape index (κ2) is 6.07. The van der Waals surface area contributed by atoms with Crippen molar-refractivity contribution in [2.24, 2.45) is 0 Å². The van der Waals surface area contributed by atoms with Gasteiger partial charge in [0.25, 0.3) is 5.91 Å². The number of amides is 1. The van der Waals surface area contributed by atoms with Crippen LogP contribution in [0.5, 0.6) is 0 Å². The molecule has 5 nitrogen and oxygen atoms in total. The Morgan fingerprint density at radius 1 is 1.18 bits per heavy atom.